The van der Waals surface area contributed by atoms with Gasteiger partial charge in [-0.3, -0.25) is 0 Å². The highest BCUT2D eigenvalue weighted by atomic mass is 16.6. The molecule has 0 unspecified atom stereocenters. The lowest BCUT2D eigenvalue weighted by atomic mass is 9.92. The van der Waals surface area contributed by atoms with Gasteiger partial charge in [-0.2, -0.15) is 0 Å². The fraction of sp³-hybridized carbons (Fsp3) is 0.160. The summed E-state index contributed by atoms with van der Waals surface area (Å²) in [7, 11) is 3.37. The van der Waals surface area contributed by atoms with Crippen LogP contribution in [0.25, 0.3) is 11.6 Å². The second kappa shape index (κ2) is 8.57. The Hall–Kier alpha value is -3.33. The number of benzene rings is 3. The Morgan fingerprint density at radius 2 is 1.50 bits per heavy atom. The summed E-state index contributed by atoms with van der Waals surface area (Å²) in [5.74, 6) is 0.593. The van der Waals surface area contributed by atoms with Crippen LogP contribution in [0.4, 0.5) is 4.79 Å². The van der Waals surface area contributed by atoms with Gasteiger partial charge in [-0.05, 0) is 53.8 Å². The van der Waals surface area contributed by atoms with Crippen molar-refractivity contribution >= 4 is 17.7 Å². The van der Waals surface area contributed by atoms with Gasteiger partial charge >= 0.3 is 6.09 Å². The van der Waals surface area contributed by atoms with Crippen LogP contribution in [0.2, 0.25) is 0 Å². The van der Waals surface area contributed by atoms with Crippen LogP contribution in [0.3, 0.4) is 0 Å². The van der Waals surface area contributed by atoms with Crippen molar-refractivity contribution in [3.8, 4) is 5.75 Å². The molecule has 0 saturated heterocycles. The third-order valence-electron chi connectivity index (χ3n) is 4.46. The van der Waals surface area contributed by atoms with Crippen molar-refractivity contribution < 1.29 is 9.53 Å². The largest absolute Gasteiger partial charge is 0.414 e. The van der Waals surface area contributed by atoms with E-state index in [1.165, 1.54) is 4.90 Å². The van der Waals surface area contributed by atoms with Crippen LogP contribution in [-0.2, 0) is 0 Å². The number of carbonyl (C=O) groups is 1. The molecule has 0 spiro atoms. The summed E-state index contributed by atoms with van der Waals surface area (Å²) in [4.78, 5) is 13.7. The molecule has 3 nitrogen and oxygen atoms in total. The van der Waals surface area contributed by atoms with E-state index in [0.717, 1.165) is 33.4 Å². The number of carbonyl (C=O) groups excluding carboxylic acids is 1. The minimum absolute atomic E-state index is 0.389. The Balaban J connectivity index is 2.23. The SMILES string of the molecule is Cc1cc(C)c(OC(=O)N(C)C)c(/C(=C/c2ccccc2)c2ccccc2)c1. The quantitative estimate of drug-likeness (QED) is 0.530. The molecule has 0 aromatic heterocycles. The first kappa shape index (κ1) is 19.4. The van der Waals surface area contributed by atoms with E-state index in [1.54, 1.807) is 14.1 Å². The zero-order valence-electron chi connectivity index (χ0n) is 16.8. The van der Waals surface area contributed by atoms with Crippen LogP contribution in [0.1, 0.15) is 27.8 Å². The topological polar surface area (TPSA) is 29.5 Å². The molecule has 0 saturated carbocycles. The summed E-state index contributed by atoms with van der Waals surface area (Å²) >= 11 is 0. The van der Waals surface area contributed by atoms with Crippen molar-refractivity contribution in [2.24, 2.45) is 0 Å². The van der Waals surface area contributed by atoms with Crippen molar-refractivity contribution in [1.29, 1.82) is 0 Å². The zero-order valence-corrected chi connectivity index (χ0v) is 16.8. The number of hydrogen-bond donors (Lipinski definition) is 0. The standard InChI is InChI=1S/C25H25NO2/c1-18-15-19(2)24(28-25(27)26(3)4)23(16-18)22(21-13-9-6-10-14-21)17-20-11-7-5-8-12-20/h5-17H,1-4H3/b22-17+. The number of rotatable bonds is 4. The van der Waals surface area contributed by atoms with E-state index in [2.05, 4.69) is 43.3 Å². The third kappa shape index (κ3) is 4.49. The van der Waals surface area contributed by atoms with E-state index >= 15 is 0 Å². The summed E-state index contributed by atoms with van der Waals surface area (Å²) in [6, 6.07) is 24.5. The van der Waals surface area contributed by atoms with Crippen molar-refractivity contribution in [1.82, 2.24) is 4.90 Å². The van der Waals surface area contributed by atoms with Gasteiger partial charge in [0.15, 0.2) is 0 Å². The molecule has 3 heteroatoms. The van der Waals surface area contributed by atoms with Crippen molar-refractivity contribution in [3.63, 3.8) is 0 Å². The van der Waals surface area contributed by atoms with Gasteiger partial charge in [0.2, 0.25) is 0 Å². The summed E-state index contributed by atoms with van der Waals surface area (Å²) in [5, 5.41) is 0. The molecule has 0 aliphatic carbocycles. The fourth-order valence-electron chi connectivity index (χ4n) is 3.12. The number of hydrogen-bond acceptors (Lipinski definition) is 2. The molecule has 3 aromatic rings. The Labute approximate surface area is 166 Å². The molecule has 0 N–H and O–H groups in total. The second-order valence-corrected chi connectivity index (χ2v) is 7.06. The molecular weight excluding hydrogens is 346 g/mol. The molecule has 3 rings (SSSR count). The van der Waals surface area contributed by atoms with E-state index < -0.39 is 0 Å². The maximum atomic E-state index is 12.3. The van der Waals surface area contributed by atoms with Gasteiger partial charge in [0, 0.05) is 19.7 Å². The number of aryl methyl sites for hydroxylation is 2. The number of ether oxygens (including phenoxy) is 1. The average Bonchev–Trinajstić information content (AvgIpc) is 2.69. The summed E-state index contributed by atoms with van der Waals surface area (Å²) in [6.45, 7) is 4.03. The van der Waals surface area contributed by atoms with Crippen LogP contribution in [0.5, 0.6) is 5.75 Å². The van der Waals surface area contributed by atoms with E-state index in [1.807, 2.05) is 49.4 Å². The molecule has 142 valence electrons. The predicted octanol–water partition coefficient (Wildman–Crippen LogP) is 5.95. The van der Waals surface area contributed by atoms with Gasteiger partial charge < -0.3 is 9.64 Å². The number of nitrogens with zero attached hydrogens (tertiary/aromatic N) is 1. The fourth-order valence-corrected chi connectivity index (χ4v) is 3.12. The van der Waals surface area contributed by atoms with Gasteiger partial charge in [-0.25, -0.2) is 4.79 Å². The molecule has 28 heavy (non-hydrogen) atoms. The lowest BCUT2D eigenvalue weighted by molar-refractivity contribution is 0.171. The summed E-state index contributed by atoms with van der Waals surface area (Å²) < 4.78 is 5.78. The maximum absolute atomic E-state index is 12.3. The van der Waals surface area contributed by atoms with Crippen LogP contribution in [0.15, 0.2) is 72.8 Å². The van der Waals surface area contributed by atoms with Crippen LogP contribution in [0, 0.1) is 13.8 Å². The normalized spacial score (nSPS) is 11.2. The molecule has 1 amide bonds. The summed E-state index contributed by atoms with van der Waals surface area (Å²) in [5.41, 5.74) is 6.12. The highest BCUT2D eigenvalue weighted by Gasteiger charge is 2.18. The van der Waals surface area contributed by atoms with Gasteiger partial charge in [-0.1, -0.05) is 66.7 Å². The first-order valence-corrected chi connectivity index (χ1v) is 9.28. The van der Waals surface area contributed by atoms with E-state index in [9.17, 15) is 4.79 Å². The van der Waals surface area contributed by atoms with E-state index in [-0.39, 0.29) is 6.09 Å². The van der Waals surface area contributed by atoms with E-state index in [4.69, 9.17) is 4.74 Å². The van der Waals surface area contributed by atoms with Crippen LogP contribution in [-0.4, -0.2) is 25.1 Å². The number of amides is 1. The molecule has 0 atom stereocenters. The Bertz CT molecular complexity index is 990. The molecular formula is C25H25NO2. The third-order valence-corrected chi connectivity index (χ3v) is 4.46. The van der Waals surface area contributed by atoms with Crippen molar-refractivity contribution in [2.45, 2.75) is 13.8 Å². The molecule has 3 aromatic carbocycles. The predicted molar refractivity (Wildman–Crippen MR) is 115 cm³/mol. The molecule has 0 heterocycles. The molecule has 0 fully saturated rings. The van der Waals surface area contributed by atoms with Gasteiger partial charge in [0.25, 0.3) is 0 Å². The van der Waals surface area contributed by atoms with Crippen molar-refractivity contribution in [2.75, 3.05) is 14.1 Å². The zero-order chi connectivity index (χ0) is 20.1. The Morgan fingerprint density at radius 3 is 2.11 bits per heavy atom. The minimum Gasteiger partial charge on any atom is -0.409 e. The first-order valence-electron chi connectivity index (χ1n) is 9.28. The lowest BCUT2D eigenvalue weighted by Crippen LogP contribution is -2.26. The van der Waals surface area contributed by atoms with Gasteiger partial charge in [0.1, 0.15) is 5.75 Å². The smallest absolute Gasteiger partial charge is 0.409 e. The molecule has 0 radical (unpaired) electrons. The monoisotopic (exact) mass is 371 g/mol. The maximum Gasteiger partial charge on any atom is 0.414 e. The average molecular weight is 371 g/mol. The highest BCUT2D eigenvalue weighted by molar-refractivity contribution is 5.94. The molecule has 0 aliphatic rings. The van der Waals surface area contributed by atoms with Crippen LogP contribution < -0.4 is 4.74 Å². The summed E-state index contributed by atoms with van der Waals surface area (Å²) in [6.07, 6.45) is 1.75. The molecule has 0 aliphatic heterocycles. The van der Waals surface area contributed by atoms with Gasteiger partial charge in [0.05, 0.1) is 0 Å². The highest BCUT2D eigenvalue weighted by Crippen LogP contribution is 2.36. The second-order valence-electron chi connectivity index (χ2n) is 7.06. The Kier molecular flexibility index (Phi) is 5.95. The van der Waals surface area contributed by atoms with E-state index in [0.29, 0.717) is 5.75 Å². The lowest BCUT2D eigenvalue weighted by Gasteiger charge is -2.19. The van der Waals surface area contributed by atoms with Crippen LogP contribution >= 0.6 is 0 Å². The van der Waals surface area contributed by atoms with Gasteiger partial charge in [-0.15, -0.1) is 0 Å². The minimum atomic E-state index is -0.389. The Morgan fingerprint density at radius 1 is 0.893 bits per heavy atom. The van der Waals surface area contributed by atoms with Crippen molar-refractivity contribution in [3.05, 3.63) is 101 Å². The first-order chi connectivity index (χ1) is 13.5. The molecule has 0 bridgehead atoms.